The Morgan fingerprint density at radius 2 is 2.29 bits per heavy atom. The second kappa shape index (κ2) is 7.29. The van der Waals surface area contributed by atoms with Crippen LogP contribution < -0.4 is 11.3 Å². The molecule has 0 bridgehead atoms. The van der Waals surface area contributed by atoms with Crippen LogP contribution in [0.5, 0.6) is 0 Å². The van der Waals surface area contributed by atoms with Crippen LogP contribution in [-0.4, -0.2) is 11.7 Å². The lowest BCUT2D eigenvalue weighted by atomic mass is 10.1. The van der Waals surface area contributed by atoms with Gasteiger partial charge in [0.05, 0.1) is 0 Å². The Kier molecular flexibility index (Phi) is 6.00. The first kappa shape index (κ1) is 14.0. The van der Waals surface area contributed by atoms with Crippen molar-refractivity contribution in [2.45, 2.75) is 25.5 Å². The van der Waals surface area contributed by atoms with Crippen LogP contribution in [0.25, 0.3) is 0 Å². The van der Waals surface area contributed by atoms with Crippen molar-refractivity contribution >= 4 is 17.7 Å². The minimum atomic E-state index is -0.398. The molecule has 1 aromatic rings. The molecule has 0 saturated carbocycles. The Labute approximate surface area is 105 Å². The first-order valence-corrected chi connectivity index (χ1v) is 6.71. The van der Waals surface area contributed by atoms with Crippen molar-refractivity contribution in [2.75, 3.05) is 5.75 Å². The summed E-state index contributed by atoms with van der Waals surface area (Å²) in [5.41, 5.74) is 2.97. The highest BCUT2D eigenvalue weighted by Crippen LogP contribution is 2.18. The van der Waals surface area contributed by atoms with Crippen LogP contribution in [0.2, 0.25) is 0 Å². The molecule has 1 aromatic carbocycles. The van der Waals surface area contributed by atoms with Gasteiger partial charge in [-0.3, -0.25) is 10.2 Å². The number of amides is 1. The number of carbonyl (C=O) groups is 1. The topological polar surface area (TPSA) is 55.1 Å². The summed E-state index contributed by atoms with van der Waals surface area (Å²) in [6.07, 6.45) is 2.25. The summed E-state index contributed by atoms with van der Waals surface area (Å²) in [7, 11) is 0. The summed E-state index contributed by atoms with van der Waals surface area (Å²) in [6.45, 7) is 2.12. The Morgan fingerprint density at radius 3 is 2.94 bits per heavy atom. The SMILES string of the molecule is CCCCSCc1cc(C(=O)NN)ccc1F. The minimum absolute atomic E-state index is 0.275. The zero-order valence-electron chi connectivity index (χ0n) is 9.83. The van der Waals surface area contributed by atoms with Crippen LogP contribution >= 0.6 is 11.8 Å². The predicted octanol–water partition coefficient (Wildman–Crippen LogP) is 2.46. The van der Waals surface area contributed by atoms with Gasteiger partial charge in [0.25, 0.3) is 5.91 Å². The van der Waals surface area contributed by atoms with Crippen LogP contribution in [0.3, 0.4) is 0 Å². The summed E-state index contributed by atoms with van der Waals surface area (Å²) < 4.78 is 13.5. The molecule has 0 atom stereocenters. The summed E-state index contributed by atoms with van der Waals surface area (Å²) in [5, 5.41) is 0. The number of carbonyl (C=O) groups excluding carboxylic acids is 1. The molecule has 0 radical (unpaired) electrons. The maximum Gasteiger partial charge on any atom is 0.265 e. The van der Waals surface area contributed by atoms with E-state index in [0.29, 0.717) is 16.9 Å². The fourth-order valence-corrected chi connectivity index (χ4v) is 2.42. The van der Waals surface area contributed by atoms with Gasteiger partial charge in [-0.25, -0.2) is 10.2 Å². The molecule has 1 rings (SSSR count). The average Bonchev–Trinajstić information content (AvgIpc) is 2.35. The maximum atomic E-state index is 13.5. The average molecular weight is 256 g/mol. The van der Waals surface area contributed by atoms with Gasteiger partial charge in [-0.1, -0.05) is 13.3 Å². The number of halogens is 1. The van der Waals surface area contributed by atoms with Crippen molar-refractivity contribution in [3.05, 3.63) is 35.1 Å². The lowest BCUT2D eigenvalue weighted by Gasteiger charge is -2.06. The molecule has 0 aliphatic carbocycles. The molecular weight excluding hydrogens is 239 g/mol. The fraction of sp³-hybridized carbons (Fsp3) is 0.417. The third-order valence-corrected chi connectivity index (χ3v) is 3.43. The minimum Gasteiger partial charge on any atom is -0.290 e. The number of unbranched alkanes of at least 4 members (excludes halogenated alkanes) is 1. The highest BCUT2D eigenvalue weighted by molar-refractivity contribution is 7.98. The van der Waals surface area contributed by atoms with E-state index in [2.05, 4.69) is 6.92 Å². The fourth-order valence-electron chi connectivity index (χ4n) is 1.34. The third-order valence-electron chi connectivity index (χ3n) is 2.34. The van der Waals surface area contributed by atoms with Crippen molar-refractivity contribution in [2.24, 2.45) is 5.84 Å². The zero-order valence-corrected chi connectivity index (χ0v) is 10.6. The van der Waals surface area contributed by atoms with E-state index >= 15 is 0 Å². The van der Waals surface area contributed by atoms with Crippen molar-refractivity contribution in [1.82, 2.24) is 5.43 Å². The molecule has 3 N–H and O–H groups in total. The number of nitrogens with two attached hydrogens (primary N) is 1. The zero-order chi connectivity index (χ0) is 12.7. The van der Waals surface area contributed by atoms with Crippen molar-refractivity contribution in [1.29, 1.82) is 0 Å². The van der Waals surface area contributed by atoms with Gasteiger partial charge in [0.2, 0.25) is 0 Å². The highest BCUT2D eigenvalue weighted by Gasteiger charge is 2.08. The van der Waals surface area contributed by atoms with E-state index in [1.54, 1.807) is 17.8 Å². The summed E-state index contributed by atoms with van der Waals surface area (Å²) >= 11 is 1.67. The van der Waals surface area contributed by atoms with E-state index in [1.165, 1.54) is 12.1 Å². The first-order chi connectivity index (χ1) is 8.19. The Bertz CT molecular complexity index is 385. The van der Waals surface area contributed by atoms with Crippen LogP contribution in [0.15, 0.2) is 18.2 Å². The van der Waals surface area contributed by atoms with Crippen molar-refractivity contribution in [3.8, 4) is 0 Å². The van der Waals surface area contributed by atoms with Gasteiger partial charge in [0.1, 0.15) is 5.82 Å². The number of hydrogen-bond donors (Lipinski definition) is 2. The number of hydrazine groups is 1. The van der Waals surface area contributed by atoms with Gasteiger partial charge in [-0.2, -0.15) is 11.8 Å². The van der Waals surface area contributed by atoms with Gasteiger partial charge in [-0.05, 0) is 35.9 Å². The molecule has 1 amide bonds. The number of benzene rings is 1. The van der Waals surface area contributed by atoms with E-state index in [1.807, 2.05) is 5.43 Å². The van der Waals surface area contributed by atoms with Crippen LogP contribution in [0.1, 0.15) is 35.7 Å². The first-order valence-electron chi connectivity index (χ1n) is 5.56. The largest absolute Gasteiger partial charge is 0.290 e. The summed E-state index contributed by atoms with van der Waals surface area (Å²) in [6, 6.07) is 4.29. The summed E-state index contributed by atoms with van der Waals surface area (Å²) in [4.78, 5) is 11.3. The van der Waals surface area contributed by atoms with E-state index in [9.17, 15) is 9.18 Å². The molecule has 0 aliphatic heterocycles. The molecule has 17 heavy (non-hydrogen) atoms. The molecular formula is C12H17FN2OS. The van der Waals surface area contributed by atoms with Gasteiger partial charge >= 0.3 is 0 Å². The standard InChI is InChI=1S/C12H17FN2OS/c1-2-3-6-17-8-10-7-9(12(16)15-14)4-5-11(10)13/h4-5,7H,2-3,6,8,14H2,1H3,(H,15,16). The van der Waals surface area contributed by atoms with Gasteiger partial charge in [0.15, 0.2) is 0 Å². The molecule has 0 spiro atoms. The number of nitrogens with one attached hydrogen (secondary N) is 1. The molecule has 3 nitrogen and oxygen atoms in total. The van der Waals surface area contributed by atoms with Crippen molar-refractivity contribution in [3.63, 3.8) is 0 Å². The molecule has 0 aromatic heterocycles. The molecule has 5 heteroatoms. The maximum absolute atomic E-state index is 13.5. The number of hydrogen-bond acceptors (Lipinski definition) is 3. The number of rotatable bonds is 6. The van der Waals surface area contributed by atoms with Gasteiger partial charge in [-0.15, -0.1) is 0 Å². The van der Waals surface area contributed by atoms with Crippen LogP contribution in [0, 0.1) is 5.82 Å². The van der Waals surface area contributed by atoms with E-state index in [0.717, 1.165) is 18.6 Å². The van der Waals surface area contributed by atoms with E-state index in [-0.39, 0.29) is 5.82 Å². The molecule has 0 saturated heterocycles. The predicted molar refractivity (Wildman–Crippen MR) is 69.1 cm³/mol. The van der Waals surface area contributed by atoms with Crippen LogP contribution in [0.4, 0.5) is 4.39 Å². The smallest absolute Gasteiger partial charge is 0.265 e. The van der Waals surface area contributed by atoms with E-state index in [4.69, 9.17) is 5.84 Å². The van der Waals surface area contributed by atoms with E-state index < -0.39 is 5.91 Å². The second-order valence-corrected chi connectivity index (χ2v) is 4.79. The van der Waals surface area contributed by atoms with Crippen LogP contribution in [-0.2, 0) is 5.75 Å². The summed E-state index contributed by atoms with van der Waals surface area (Å²) in [5.74, 6) is 5.94. The Hall–Kier alpha value is -1.07. The molecule has 0 aliphatic rings. The highest BCUT2D eigenvalue weighted by atomic mass is 32.2. The van der Waals surface area contributed by atoms with Crippen molar-refractivity contribution < 1.29 is 9.18 Å². The normalized spacial score (nSPS) is 10.3. The Balaban J connectivity index is 2.66. The lowest BCUT2D eigenvalue weighted by Crippen LogP contribution is -2.30. The number of nitrogen functional groups attached to an aromatic ring is 1. The molecule has 0 heterocycles. The number of thioether (sulfide) groups is 1. The van der Waals surface area contributed by atoms with Gasteiger partial charge < -0.3 is 0 Å². The molecule has 94 valence electrons. The quantitative estimate of drug-likeness (QED) is 0.356. The van der Waals surface area contributed by atoms with Gasteiger partial charge in [0, 0.05) is 11.3 Å². The molecule has 0 fully saturated rings. The molecule has 0 unspecified atom stereocenters. The Morgan fingerprint density at radius 1 is 1.53 bits per heavy atom. The third kappa shape index (κ3) is 4.36. The monoisotopic (exact) mass is 256 g/mol. The second-order valence-electron chi connectivity index (χ2n) is 3.69. The lowest BCUT2D eigenvalue weighted by molar-refractivity contribution is 0.0953.